The number of rotatable bonds is 1. The van der Waals surface area contributed by atoms with Gasteiger partial charge in [-0.2, -0.15) is 0 Å². The van der Waals surface area contributed by atoms with Crippen molar-refractivity contribution in [1.82, 2.24) is 5.32 Å². The van der Waals surface area contributed by atoms with E-state index in [0.717, 1.165) is 12.8 Å². The largest absolute Gasteiger partial charge is 0.350 e. The predicted molar refractivity (Wildman–Crippen MR) is 65.4 cm³/mol. The fraction of sp³-hybridized carbons (Fsp3) is 0.500. The molecule has 0 aromatic heterocycles. The first-order valence-electron chi connectivity index (χ1n) is 5.95. The predicted octanol–water partition coefficient (Wildman–Crippen LogP) is 2.82. The number of carbonyl (C=O) groups is 1. The summed E-state index contributed by atoms with van der Waals surface area (Å²) in [6.45, 7) is 5.88. The molecule has 0 spiro atoms. The second-order valence-corrected chi connectivity index (χ2v) is 4.79. The van der Waals surface area contributed by atoms with Gasteiger partial charge in [-0.25, -0.2) is 0 Å². The smallest absolute Gasteiger partial charge is 0.217 e. The summed E-state index contributed by atoms with van der Waals surface area (Å²) in [5.74, 6) is 0.0667. The lowest BCUT2D eigenvalue weighted by atomic mass is 9.84. The van der Waals surface area contributed by atoms with E-state index in [0.29, 0.717) is 0 Å². The monoisotopic (exact) mass is 217 g/mol. The van der Waals surface area contributed by atoms with Gasteiger partial charge >= 0.3 is 0 Å². The molecule has 0 saturated heterocycles. The summed E-state index contributed by atoms with van der Waals surface area (Å²) in [6, 6.07) is 4.68. The van der Waals surface area contributed by atoms with E-state index in [9.17, 15) is 4.79 Å². The molecular formula is C14H19NO. The lowest BCUT2D eigenvalue weighted by molar-refractivity contribution is -0.119. The Labute approximate surface area is 97.1 Å². The van der Waals surface area contributed by atoms with Crippen molar-refractivity contribution in [2.75, 3.05) is 0 Å². The zero-order valence-corrected chi connectivity index (χ0v) is 10.3. The highest BCUT2D eigenvalue weighted by Gasteiger charge is 2.22. The summed E-state index contributed by atoms with van der Waals surface area (Å²) in [5.41, 5.74) is 5.42. The van der Waals surface area contributed by atoms with Crippen molar-refractivity contribution >= 4 is 5.91 Å². The van der Waals surface area contributed by atoms with Crippen LogP contribution in [0.2, 0.25) is 0 Å². The lowest BCUT2D eigenvalue weighted by Crippen LogP contribution is -2.29. The molecule has 1 aliphatic carbocycles. The number of hydrogen-bond acceptors (Lipinski definition) is 1. The second kappa shape index (κ2) is 4.28. The van der Waals surface area contributed by atoms with E-state index in [1.807, 2.05) is 0 Å². The standard InChI is InChI=1S/C14H19NO/c1-9-7-10(2)12-5-4-6-14(13(12)8-9)15-11(3)16/h7-8,14H,4-6H2,1-3H3,(H,15,16)/t14-/m1/s1. The number of benzene rings is 1. The molecule has 0 radical (unpaired) electrons. The van der Waals surface area contributed by atoms with Crippen LogP contribution in [0.3, 0.4) is 0 Å². The van der Waals surface area contributed by atoms with Crippen molar-refractivity contribution < 1.29 is 4.79 Å². The van der Waals surface area contributed by atoms with Gasteiger partial charge in [0.1, 0.15) is 0 Å². The SMILES string of the molecule is CC(=O)N[C@@H]1CCCc2c(C)cc(C)cc21. The van der Waals surface area contributed by atoms with Crippen LogP contribution >= 0.6 is 0 Å². The van der Waals surface area contributed by atoms with Gasteiger partial charge in [0, 0.05) is 6.92 Å². The van der Waals surface area contributed by atoms with Gasteiger partial charge in [0.2, 0.25) is 5.91 Å². The molecule has 0 heterocycles. The number of nitrogens with one attached hydrogen (secondary N) is 1. The summed E-state index contributed by atoms with van der Waals surface area (Å²) in [6.07, 6.45) is 3.38. The molecule has 2 nitrogen and oxygen atoms in total. The molecule has 0 aliphatic heterocycles. The van der Waals surface area contributed by atoms with Crippen LogP contribution in [0.1, 0.15) is 48.1 Å². The summed E-state index contributed by atoms with van der Waals surface area (Å²) < 4.78 is 0. The number of carbonyl (C=O) groups excluding carboxylic acids is 1. The van der Waals surface area contributed by atoms with Crippen LogP contribution in [0, 0.1) is 13.8 Å². The third-order valence-electron chi connectivity index (χ3n) is 3.32. The fourth-order valence-corrected chi connectivity index (χ4v) is 2.72. The highest BCUT2D eigenvalue weighted by atomic mass is 16.1. The second-order valence-electron chi connectivity index (χ2n) is 4.79. The summed E-state index contributed by atoms with van der Waals surface area (Å²) in [5, 5.41) is 3.05. The Balaban J connectivity index is 2.41. The quantitative estimate of drug-likeness (QED) is 0.770. The molecule has 1 N–H and O–H groups in total. The first-order valence-corrected chi connectivity index (χ1v) is 5.95. The summed E-state index contributed by atoms with van der Waals surface area (Å²) >= 11 is 0. The fourth-order valence-electron chi connectivity index (χ4n) is 2.72. The Kier molecular flexibility index (Phi) is 2.99. The minimum atomic E-state index is 0.0667. The normalized spacial score (nSPS) is 19.1. The van der Waals surface area contributed by atoms with Crippen LogP contribution in [0.5, 0.6) is 0 Å². The van der Waals surface area contributed by atoms with Gasteiger partial charge in [-0.15, -0.1) is 0 Å². The minimum Gasteiger partial charge on any atom is -0.350 e. The summed E-state index contributed by atoms with van der Waals surface area (Å²) in [4.78, 5) is 11.2. The molecule has 2 heteroatoms. The van der Waals surface area contributed by atoms with Crippen molar-refractivity contribution in [2.24, 2.45) is 0 Å². The maximum atomic E-state index is 11.2. The van der Waals surface area contributed by atoms with Crippen molar-refractivity contribution in [3.8, 4) is 0 Å². The molecule has 1 amide bonds. The van der Waals surface area contributed by atoms with Gasteiger partial charge in [-0.05, 0) is 49.8 Å². The van der Waals surface area contributed by atoms with Gasteiger partial charge in [0.15, 0.2) is 0 Å². The van der Waals surface area contributed by atoms with Gasteiger partial charge in [0.25, 0.3) is 0 Å². The number of aryl methyl sites for hydroxylation is 2. The van der Waals surface area contributed by atoms with Crippen LogP contribution in [0.4, 0.5) is 0 Å². The zero-order valence-electron chi connectivity index (χ0n) is 10.3. The van der Waals surface area contributed by atoms with Crippen molar-refractivity contribution in [1.29, 1.82) is 0 Å². The first-order chi connectivity index (χ1) is 7.58. The lowest BCUT2D eigenvalue weighted by Gasteiger charge is -2.27. The number of hydrogen-bond donors (Lipinski definition) is 1. The maximum Gasteiger partial charge on any atom is 0.217 e. The number of amides is 1. The maximum absolute atomic E-state index is 11.2. The van der Waals surface area contributed by atoms with E-state index < -0.39 is 0 Å². The molecule has 1 aromatic rings. The average Bonchev–Trinajstić information content (AvgIpc) is 2.18. The molecule has 1 aliphatic rings. The zero-order chi connectivity index (χ0) is 11.7. The highest BCUT2D eigenvalue weighted by molar-refractivity contribution is 5.73. The van der Waals surface area contributed by atoms with Crippen LogP contribution in [-0.4, -0.2) is 5.91 Å². The topological polar surface area (TPSA) is 29.1 Å². The van der Waals surface area contributed by atoms with Gasteiger partial charge in [-0.1, -0.05) is 17.7 Å². The van der Waals surface area contributed by atoms with E-state index in [4.69, 9.17) is 0 Å². The van der Waals surface area contributed by atoms with Crippen molar-refractivity contribution in [3.63, 3.8) is 0 Å². The Bertz CT molecular complexity index is 423. The number of fused-ring (bicyclic) bond motifs is 1. The van der Waals surface area contributed by atoms with Gasteiger partial charge < -0.3 is 5.32 Å². The van der Waals surface area contributed by atoms with Crippen molar-refractivity contribution in [3.05, 3.63) is 34.4 Å². The Hall–Kier alpha value is -1.31. The molecule has 16 heavy (non-hydrogen) atoms. The molecule has 0 fully saturated rings. The molecule has 0 bridgehead atoms. The summed E-state index contributed by atoms with van der Waals surface area (Å²) in [7, 11) is 0. The van der Waals surface area contributed by atoms with Crippen molar-refractivity contribution in [2.45, 2.75) is 46.1 Å². The molecule has 86 valence electrons. The Morgan fingerprint density at radius 2 is 2.12 bits per heavy atom. The van der Waals surface area contributed by atoms with Crippen LogP contribution in [0.25, 0.3) is 0 Å². The van der Waals surface area contributed by atoms with Crippen LogP contribution in [-0.2, 0) is 11.2 Å². The van der Waals surface area contributed by atoms with E-state index in [1.165, 1.54) is 28.7 Å². The third-order valence-corrected chi connectivity index (χ3v) is 3.32. The van der Waals surface area contributed by atoms with Gasteiger partial charge in [-0.3, -0.25) is 4.79 Å². The molecule has 2 rings (SSSR count). The van der Waals surface area contributed by atoms with Crippen LogP contribution in [0.15, 0.2) is 12.1 Å². The molecule has 0 saturated carbocycles. The van der Waals surface area contributed by atoms with E-state index in [1.54, 1.807) is 6.92 Å². The average molecular weight is 217 g/mol. The Morgan fingerprint density at radius 3 is 2.81 bits per heavy atom. The van der Waals surface area contributed by atoms with E-state index in [-0.39, 0.29) is 11.9 Å². The highest BCUT2D eigenvalue weighted by Crippen LogP contribution is 2.32. The van der Waals surface area contributed by atoms with E-state index >= 15 is 0 Å². The van der Waals surface area contributed by atoms with Gasteiger partial charge in [0.05, 0.1) is 6.04 Å². The molecule has 1 aromatic carbocycles. The molecule has 1 atom stereocenters. The first kappa shape index (κ1) is 11.2. The minimum absolute atomic E-state index is 0.0667. The van der Waals surface area contributed by atoms with Crippen LogP contribution < -0.4 is 5.32 Å². The Morgan fingerprint density at radius 1 is 1.38 bits per heavy atom. The van der Waals surface area contributed by atoms with E-state index in [2.05, 4.69) is 31.3 Å². The molecular weight excluding hydrogens is 198 g/mol. The molecule has 0 unspecified atom stereocenters. The third kappa shape index (κ3) is 2.11.